The van der Waals surface area contributed by atoms with Crippen LogP contribution in [0.3, 0.4) is 0 Å². The first-order valence-corrected chi connectivity index (χ1v) is 5.72. The van der Waals surface area contributed by atoms with Crippen molar-refractivity contribution < 1.29 is 4.79 Å². The van der Waals surface area contributed by atoms with Crippen LogP contribution in [0.15, 0.2) is 11.4 Å². The zero-order valence-electron chi connectivity index (χ0n) is 7.98. The van der Waals surface area contributed by atoms with Gasteiger partial charge in [-0.1, -0.05) is 11.6 Å². The van der Waals surface area contributed by atoms with E-state index in [1.807, 2.05) is 5.38 Å². The van der Waals surface area contributed by atoms with Gasteiger partial charge in [0.25, 0.3) is 5.91 Å². The Bertz CT molecular complexity index is 356. The van der Waals surface area contributed by atoms with Crippen LogP contribution in [0.5, 0.6) is 0 Å². The molecular formula is C9H12Cl2N2OS. The molecule has 15 heavy (non-hydrogen) atoms. The maximum absolute atomic E-state index is 11.9. The van der Waals surface area contributed by atoms with Gasteiger partial charge in [-0.2, -0.15) is 0 Å². The number of hydrogen-bond donors (Lipinski definition) is 1. The van der Waals surface area contributed by atoms with Crippen molar-refractivity contribution in [2.75, 3.05) is 13.1 Å². The van der Waals surface area contributed by atoms with Gasteiger partial charge < -0.3 is 10.6 Å². The summed E-state index contributed by atoms with van der Waals surface area (Å²) in [7, 11) is 0. The molecule has 0 aromatic carbocycles. The Kier molecular flexibility index (Phi) is 4.40. The van der Waals surface area contributed by atoms with E-state index < -0.39 is 0 Å². The summed E-state index contributed by atoms with van der Waals surface area (Å²) in [5.41, 5.74) is 5.73. The van der Waals surface area contributed by atoms with Crippen LogP contribution in [0.4, 0.5) is 0 Å². The van der Waals surface area contributed by atoms with E-state index >= 15 is 0 Å². The van der Waals surface area contributed by atoms with Crippen molar-refractivity contribution in [3.05, 3.63) is 21.3 Å². The molecule has 6 heteroatoms. The van der Waals surface area contributed by atoms with Crippen molar-refractivity contribution in [3.8, 4) is 0 Å². The molecule has 1 aliphatic rings. The molecule has 2 rings (SSSR count). The van der Waals surface area contributed by atoms with Crippen molar-refractivity contribution >= 4 is 41.3 Å². The Hall–Kier alpha value is -0.290. The maximum atomic E-state index is 11.9. The van der Waals surface area contributed by atoms with Gasteiger partial charge in [-0.15, -0.1) is 23.7 Å². The van der Waals surface area contributed by atoms with Crippen LogP contribution in [0.25, 0.3) is 0 Å². The summed E-state index contributed by atoms with van der Waals surface area (Å²) < 4.78 is 0. The lowest BCUT2D eigenvalue weighted by atomic mass is 10.3. The van der Waals surface area contributed by atoms with Crippen molar-refractivity contribution in [2.24, 2.45) is 5.73 Å². The van der Waals surface area contributed by atoms with Gasteiger partial charge in [0, 0.05) is 19.1 Å². The van der Waals surface area contributed by atoms with Gasteiger partial charge >= 0.3 is 0 Å². The van der Waals surface area contributed by atoms with Gasteiger partial charge in [0.2, 0.25) is 0 Å². The minimum absolute atomic E-state index is 0. The number of nitrogens with zero attached hydrogens (tertiary/aromatic N) is 1. The third kappa shape index (κ3) is 2.64. The van der Waals surface area contributed by atoms with Gasteiger partial charge in [0.15, 0.2) is 0 Å². The predicted octanol–water partition coefficient (Wildman–Crippen LogP) is 2.00. The van der Waals surface area contributed by atoms with E-state index in [-0.39, 0.29) is 24.4 Å². The average Bonchev–Trinajstić information content (AvgIpc) is 2.73. The van der Waals surface area contributed by atoms with Crippen LogP contribution in [0.1, 0.15) is 16.1 Å². The molecule has 0 bridgehead atoms. The third-order valence-electron chi connectivity index (χ3n) is 2.32. The van der Waals surface area contributed by atoms with Gasteiger partial charge in [-0.3, -0.25) is 4.79 Å². The largest absolute Gasteiger partial charge is 0.336 e. The lowest BCUT2D eigenvalue weighted by Gasteiger charge is -2.14. The quantitative estimate of drug-likeness (QED) is 0.845. The smallest absolute Gasteiger partial charge is 0.265 e. The average molecular weight is 267 g/mol. The normalized spacial score (nSPS) is 20.1. The molecule has 0 spiro atoms. The summed E-state index contributed by atoms with van der Waals surface area (Å²) >= 11 is 7.26. The predicted molar refractivity (Wildman–Crippen MR) is 65.1 cm³/mol. The summed E-state index contributed by atoms with van der Waals surface area (Å²) in [5, 5.41) is 2.37. The van der Waals surface area contributed by atoms with Gasteiger partial charge in [0.05, 0.1) is 5.02 Å². The van der Waals surface area contributed by atoms with E-state index in [2.05, 4.69) is 0 Å². The molecule has 2 N–H and O–H groups in total. The first-order valence-electron chi connectivity index (χ1n) is 4.46. The van der Waals surface area contributed by atoms with Gasteiger partial charge in [-0.05, 0) is 17.9 Å². The van der Waals surface area contributed by atoms with Crippen LogP contribution in [0.2, 0.25) is 5.02 Å². The zero-order chi connectivity index (χ0) is 10.1. The number of nitrogens with two attached hydrogens (primary N) is 1. The lowest BCUT2D eigenvalue weighted by molar-refractivity contribution is 0.0796. The highest BCUT2D eigenvalue weighted by Crippen LogP contribution is 2.24. The molecular weight excluding hydrogens is 255 g/mol. The molecule has 1 aromatic rings. The molecule has 0 aliphatic carbocycles. The molecule has 1 amide bonds. The minimum atomic E-state index is 0. The molecule has 0 radical (unpaired) electrons. The number of likely N-dealkylation sites (tertiary alicyclic amines) is 1. The van der Waals surface area contributed by atoms with Crippen molar-refractivity contribution in [2.45, 2.75) is 12.5 Å². The monoisotopic (exact) mass is 266 g/mol. The van der Waals surface area contributed by atoms with E-state index in [0.29, 0.717) is 16.4 Å². The molecule has 84 valence electrons. The lowest BCUT2D eigenvalue weighted by Crippen LogP contribution is -2.31. The Morgan fingerprint density at radius 2 is 2.40 bits per heavy atom. The molecule has 0 saturated carbocycles. The summed E-state index contributed by atoms with van der Waals surface area (Å²) in [6.07, 6.45) is 0.884. The minimum Gasteiger partial charge on any atom is -0.336 e. The van der Waals surface area contributed by atoms with Crippen LogP contribution >= 0.6 is 35.3 Å². The highest BCUT2D eigenvalue weighted by molar-refractivity contribution is 7.12. The summed E-state index contributed by atoms with van der Waals surface area (Å²) in [6.45, 7) is 1.39. The molecule has 1 fully saturated rings. The van der Waals surface area contributed by atoms with E-state index in [9.17, 15) is 4.79 Å². The van der Waals surface area contributed by atoms with Crippen LogP contribution in [-0.2, 0) is 0 Å². The molecule has 2 heterocycles. The maximum Gasteiger partial charge on any atom is 0.265 e. The molecule has 1 saturated heterocycles. The fraction of sp³-hybridized carbons (Fsp3) is 0.444. The Morgan fingerprint density at radius 1 is 1.67 bits per heavy atom. The van der Waals surface area contributed by atoms with Gasteiger partial charge in [-0.25, -0.2) is 0 Å². The standard InChI is InChI=1S/C9H11ClN2OS.ClH/c10-7-2-4-14-8(7)9(13)12-3-1-6(11)5-12;/h2,4,6H,1,3,5,11H2;1H/t6-;/m0./s1. The molecule has 1 aromatic heterocycles. The number of halogens is 2. The number of amides is 1. The van der Waals surface area contributed by atoms with Crippen LogP contribution in [0, 0.1) is 0 Å². The first kappa shape index (κ1) is 12.8. The first-order chi connectivity index (χ1) is 6.68. The second-order valence-electron chi connectivity index (χ2n) is 3.40. The van der Waals surface area contributed by atoms with Crippen molar-refractivity contribution in [1.29, 1.82) is 0 Å². The number of rotatable bonds is 1. The van der Waals surface area contributed by atoms with E-state index in [1.54, 1.807) is 11.0 Å². The van der Waals surface area contributed by atoms with Crippen molar-refractivity contribution in [3.63, 3.8) is 0 Å². The second kappa shape index (κ2) is 5.16. The molecule has 0 unspecified atom stereocenters. The van der Waals surface area contributed by atoms with Crippen LogP contribution < -0.4 is 5.73 Å². The SMILES string of the molecule is Cl.N[C@H]1CCN(C(=O)c2sccc2Cl)C1. The highest BCUT2D eigenvalue weighted by Gasteiger charge is 2.26. The Morgan fingerprint density at radius 3 is 2.87 bits per heavy atom. The fourth-order valence-electron chi connectivity index (χ4n) is 1.56. The third-order valence-corrected chi connectivity index (χ3v) is 3.65. The fourth-order valence-corrected chi connectivity index (χ4v) is 2.66. The highest BCUT2D eigenvalue weighted by atomic mass is 35.5. The van der Waals surface area contributed by atoms with Crippen molar-refractivity contribution in [1.82, 2.24) is 4.90 Å². The summed E-state index contributed by atoms with van der Waals surface area (Å²) in [6, 6.07) is 1.87. The van der Waals surface area contributed by atoms with E-state index in [0.717, 1.165) is 13.0 Å². The molecule has 1 atom stereocenters. The summed E-state index contributed by atoms with van der Waals surface area (Å²) in [5.74, 6) is 0.0120. The topological polar surface area (TPSA) is 46.3 Å². The Balaban J connectivity index is 0.00000112. The van der Waals surface area contributed by atoms with Gasteiger partial charge in [0.1, 0.15) is 4.88 Å². The summed E-state index contributed by atoms with van der Waals surface area (Å²) in [4.78, 5) is 14.3. The second-order valence-corrected chi connectivity index (χ2v) is 4.72. The molecule has 3 nitrogen and oxygen atoms in total. The number of hydrogen-bond acceptors (Lipinski definition) is 3. The van der Waals surface area contributed by atoms with Crippen LogP contribution in [-0.4, -0.2) is 29.9 Å². The zero-order valence-corrected chi connectivity index (χ0v) is 10.4. The number of carbonyl (C=O) groups is 1. The number of thiophene rings is 1. The van der Waals surface area contributed by atoms with E-state index in [4.69, 9.17) is 17.3 Å². The molecule has 1 aliphatic heterocycles. The Labute approximate surface area is 104 Å². The number of carbonyl (C=O) groups excluding carboxylic acids is 1. The van der Waals surface area contributed by atoms with E-state index in [1.165, 1.54) is 11.3 Å².